The molecule has 3 heterocycles. The molecule has 1 aromatic carbocycles. The summed E-state index contributed by atoms with van der Waals surface area (Å²) in [5, 5.41) is 9.73. The molecule has 0 unspecified atom stereocenters. The Morgan fingerprint density at radius 1 is 1.34 bits per heavy atom. The summed E-state index contributed by atoms with van der Waals surface area (Å²) in [5.41, 5.74) is 0.134. The molecule has 0 saturated heterocycles. The number of ether oxygens (including phenoxy) is 1. The number of halogens is 1. The molecule has 35 heavy (non-hydrogen) atoms. The molecule has 3 aromatic rings. The number of terminal acetylenes is 1. The number of aromatic nitrogens is 3. The van der Waals surface area contributed by atoms with Gasteiger partial charge in [-0.15, -0.1) is 11.5 Å². The minimum atomic E-state index is -3.85. The summed E-state index contributed by atoms with van der Waals surface area (Å²) in [4.78, 5) is 30.5. The van der Waals surface area contributed by atoms with Gasteiger partial charge in [0.15, 0.2) is 5.82 Å². The van der Waals surface area contributed by atoms with Gasteiger partial charge in [-0.25, -0.2) is 22.8 Å². The average Bonchev–Trinajstić information content (AvgIpc) is 3.39. The lowest BCUT2D eigenvalue weighted by molar-refractivity contribution is 0.0955. The monoisotopic (exact) mass is 514 g/mol. The summed E-state index contributed by atoms with van der Waals surface area (Å²) < 4.78 is 33.6. The van der Waals surface area contributed by atoms with Crippen LogP contribution in [0.5, 0.6) is 5.88 Å². The van der Waals surface area contributed by atoms with Gasteiger partial charge >= 0.3 is 0 Å². The zero-order valence-electron chi connectivity index (χ0n) is 18.5. The van der Waals surface area contributed by atoms with Gasteiger partial charge in [0.2, 0.25) is 15.9 Å². The minimum Gasteiger partial charge on any atom is -0.480 e. The molecule has 13 heteroatoms. The Balaban J connectivity index is 1.87. The Morgan fingerprint density at radius 3 is 2.77 bits per heavy atom. The van der Waals surface area contributed by atoms with Gasteiger partial charge in [-0.05, 0) is 25.1 Å². The van der Waals surface area contributed by atoms with E-state index < -0.39 is 21.8 Å². The Kier molecular flexibility index (Phi) is 6.49. The molecule has 0 fully saturated rings. The molecule has 2 amide bonds. The van der Waals surface area contributed by atoms with E-state index in [1.807, 2.05) is 0 Å². The second kappa shape index (κ2) is 9.38. The van der Waals surface area contributed by atoms with Crippen molar-refractivity contribution in [3.05, 3.63) is 57.9 Å². The van der Waals surface area contributed by atoms with Crippen molar-refractivity contribution in [2.24, 2.45) is 0 Å². The predicted molar refractivity (Wildman–Crippen MR) is 127 cm³/mol. The number of hydrogen-bond acceptors (Lipinski definition) is 7. The van der Waals surface area contributed by atoms with Crippen molar-refractivity contribution in [2.45, 2.75) is 18.4 Å². The lowest BCUT2D eigenvalue weighted by atomic mass is 9.99. The number of hydrogen-bond donors (Lipinski definition) is 3. The highest BCUT2D eigenvalue weighted by atomic mass is 35.5. The average molecular weight is 515 g/mol. The third-order valence-corrected chi connectivity index (χ3v) is 6.91. The summed E-state index contributed by atoms with van der Waals surface area (Å²) in [5.74, 6) is 1.35. The first-order valence-corrected chi connectivity index (χ1v) is 12.1. The van der Waals surface area contributed by atoms with Crippen LogP contribution in [0.25, 0.3) is 5.82 Å². The lowest BCUT2D eigenvalue weighted by Crippen LogP contribution is -2.27. The Morgan fingerprint density at radius 2 is 2.11 bits per heavy atom. The number of methoxy groups -OCH3 is 1. The first-order chi connectivity index (χ1) is 16.7. The Hall–Kier alpha value is -3.92. The number of nitrogens with zero attached hydrogens (tertiary/aromatic N) is 3. The molecule has 180 valence electrons. The van der Waals surface area contributed by atoms with Crippen LogP contribution in [-0.4, -0.2) is 48.7 Å². The topological polar surface area (TPSA) is 144 Å². The fraction of sp³-hybridized carbons (Fsp3) is 0.182. The van der Waals surface area contributed by atoms with Gasteiger partial charge in [0, 0.05) is 30.9 Å². The van der Waals surface area contributed by atoms with E-state index in [2.05, 4.69) is 31.4 Å². The standard InChI is InChI=1S/C22H19ClN6O5S/c1-4-12-9-16-13(11-26-35(16,32)33)18(22(31)24-5-2)19(12)27-21(30)15-10-17(34-3)28-29(15)20-14(23)7-6-8-25-20/h1,6-10,26H,5,11H2,2-3H3,(H,24,31)(H,27,30). The smallest absolute Gasteiger partial charge is 0.274 e. The van der Waals surface area contributed by atoms with Crippen LogP contribution in [0.4, 0.5) is 5.69 Å². The van der Waals surface area contributed by atoms with Crippen LogP contribution < -0.4 is 20.1 Å². The summed E-state index contributed by atoms with van der Waals surface area (Å²) in [6.45, 7) is 1.84. The Labute approximate surface area is 205 Å². The number of amides is 2. The summed E-state index contributed by atoms with van der Waals surface area (Å²) in [6.07, 6.45) is 7.12. The fourth-order valence-corrected chi connectivity index (χ4v) is 5.06. The highest BCUT2D eigenvalue weighted by Crippen LogP contribution is 2.34. The van der Waals surface area contributed by atoms with Crippen molar-refractivity contribution in [3.8, 4) is 24.0 Å². The Bertz CT molecular complexity index is 1510. The van der Waals surface area contributed by atoms with Crippen LogP contribution in [0.2, 0.25) is 5.02 Å². The molecule has 1 aliphatic rings. The number of pyridine rings is 1. The van der Waals surface area contributed by atoms with Crippen LogP contribution in [0.1, 0.15) is 38.9 Å². The third kappa shape index (κ3) is 4.32. The van der Waals surface area contributed by atoms with Gasteiger partial charge in [0.25, 0.3) is 11.8 Å². The summed E-state index contributed by atoms with van der Waals surface area (Å²) in [6, 6.07) is 5.81. The second-order valence-corrected chi connectivity index (χ2v) is 9.37. The van der Waals surface area contributed by atoms with Gasteiger partial charge in [-0.1, -0.05) is 17.5 Å². The van der Waals surface area contributed by atoms with Gasteiger partial charge in [-0.2, -0.15) is 0 Å². The van der Waals surface area contributed by atoms with Gasteiger partial charge in [-0.3, -0.25) is 9.59 Å². The van der Waals surface area contributed by atoms with E-state index in [0.717, 1.165) is 0 Å². The van der Waals surface area contributed by atoms with E-state index in [9.17, 15) is 18.0 Å². The highest BCUT2D eigenvalue weighted by Gasteiger charge is 2.34. The summed E-state index contributed by atoms with van der Waals surface area (Å²) >= 11 is 6.25. The first kappa shape index (κ1) is 24.2. The number of nitrogens with one attached hydrogen (secondary N) is 3. The van der Waals surface area contributed by atoms with E-state index in [4.69, 9.17) is 22.8 Å². The normalized spacial score (nSPS) is 13.5. The van der Waals surface area contributed by atoms with E-state index in [1.165, 1.54) is 30.1 Å². The molecule has 0 saturated carbocycles. The largest absolute Gasteiger partial charge is 0.480 e. The zero-order chi connectivity index (χ0) is 25.3. The van der Waals surface area contributed by atoms with Crippen LogP contribution in [-0.2, 0) is 16.6 Å². The van der Waals surface area contributed by atoms with Gasteiger partial charge in [0.05, 0.1) is 33.8 Å². The van der Waals surface area contributed by atoms with Crippen molar-refractivity contribution in [1.82, 2.24) is 24.8 Å². The number of rotatable bonds is 6. The first-order valence-electron chi connectivity index (χ1n) is 10.2. The molecule has 1 aliphatic heterocycles. The quantitative estimate of drug-likeness (QED) is 0.424. The molecule has 3 N–H and O–H groups in total. The lowest BCUT2D eigenvalue weighted by Gasteiger charge is -2.17. The molecule has 4 rings (SSSR count). The van der Waals surface area contributed by atoms with E-state index >= 15 is 0 Å². The molecular weight excluding hydrogens is 496 g/mol. The van der Waals surface area contributed by atoms with Crippen molar-refractivity contribution < 1.29 is 22.7 Å². The van der Waals surface area contributed by atoms with Crippen LogP contribution in [0.15, 0.2) is 35.4 Å². The van der Waals surface area contributed by atoms with Crippen molar-refractivity contribution in [3.63, 3.8) is 0 Å². The molecule has 11 nitrogen and oxygen atoms in total. The molecule has 0 bridgehead atoms. The van der Waals surface area contributed by atoms with Crippen LogP contribution in [0, 0.1) is 12.3 Å². The predicted octanol–water partition coefficient (Wildman–Crippen LogP) is 1.70. The number of benzene rings is 1. The van der Waals surface area contributed by atoms with E-state index in [0.29, 0.717) is 0 Å². The van der Waals surface area contributed by atoms with Crippen molar-refractivity contribution in [1.29, 1.82) is 0 Å². The maximum atomic E-state index is 13.4. The molecule has 0 aliphatic carbocycles. The molecule has 2 aromatic heterocycles. The maximum Gasteiger partial charge on any atom is 0.274 e. The summed E-state index contributed by atoms with van der Waals surface area (Å²) in [7, 11) is -2.47. The SMILES string of the molecule is C#Cc1cc2c(c(C(=O)NCC)c1NC(=O)c1cc(OC)nn1-c1ncccc1Cl)CNS2(=O)=O. The number of fused-ring (bicyclic) bond motifs is 1. The molecule has 0 atom stereocenters. The highest BCUT2D eigenvalue weighted by molar-refractivity contribution is 7.89. The molecular formula is C22H19ClN6O5S. The zero-order valence-corrected chi connectivity index (χ0v) is 20.1. The second-order valence-electron chi connectivity index (χ2n) is 7.23. The van der Waals surface area contributed by atoms with Crippen LogP contribution in [0.3, 0.4) is 0 Å². The van der Waals surface area contributed by atoms with Gasteiger partial charge < -0.3 is 15.4 Å². The minimum absolute atomic E-state index is 0.0135. The van der Waals surface area contributed by atoms with Crippen molar-refractivity contribution >= 4 is 39.1 Å². The number of sulfonamides is 1. The van der Waals surface area contributed by atoms with E-state index in [-0.39, 0.29) is 62.8 Å². The van der Waals surface area contributed by atoms with Crippen LogP contribution >= 0.6 is 11.6 Å². The fourth-order valence-electron chi connectivity index (χ4n) is 3.60. The van der Waals surface area contributed by atoms with Crippen molar-refractivity contribution in [2.75, 3.05) is 19.0 Å². The molecule has 0 spiro atoms. The number of anilines is 1. The number of carbonyl (C=O) groups excluding carboxylic acids is 2. The maximum absolute atomic E-state index is 13.4. The third-order valence-electron chi connectivity index (χ3n) is 5.15. The van der Waals surface area contributed by atoms with Gasteiger partial charge in [0.1, 0.15) is 5.69 Å². The number of carbonyl (C=O) groups is 2. The van der Waals surface area contributed by atoms with E-state index in [1.54, 1.807) is 19.1 Å². The molecule has 0 radical (unpaired) electrons.